The van der Waals surface area contributed by atoms with Crippen molar-refractivity contribution in [2.24, 2.45) is 0 Å². The smallest absolute Gasteiger partial charge is 0.339 e. The first-order valence-electron chi connectivity index (χ1n) is 10.8. The standard InChI is InChI=1S/C24H23N3O7/c1-3-16-14(2)23(15-7-4-5-8-17(15)25-16)24(29)34-13-22(28)26-18-11-20-21(12-19(18)27(30)31)33-10-6-9-32-20/h4-5,7-8,11-12H,3,6,9-10,13H2,1-2H3,(H,26,28). The molecule has 1 N–H and O–H groups in total. The molecule has 0 atom stereocenters. The van der Waals surface area contributed by atoms with Gasteiger partial charge in [-0.1, -0.05) is 25.1 Å². The molecule has 0 aliphatic carbocycles. The first-order valence-corrected chi connectivity index (χ1v) is 10.8. The molecule has 1 amide bonds. The number of aromatic nitrogens is 1. The second-order valence-electron chi connectivity index (χ2n) is 7.68. The summed E-state index contributed by atoms with van der Waals surface area (Å²) in [6.07, 6.45) is 1.26. The van der Waals surface area contributed by atoms with Crippen LogP contribution in [0.15, 0.2) is 36.4 Å². The number of benzene rings is 2. The number of pyridine rings is 1. The lowest BCUT2D eigenvalue weighted by molar-refractivity contribution is -0.384. The number of nitrogens with zero attached hydrogens (tertiary/aromatic N) is 2. The Morgan fingerprint density at radius 2 is 1.88 bits per heavy atom. The molecule has 2 aromatic carbocycles. The number of nitro groups is 1. The van der Waals surface area contributed by atoms with E-state index in [4.69, 9.17) is 14.2 Å². The van der Waals surface area contributed by atoms with Crippen molar-refractivity contribution in [1.82, 2.24) is 4.98 Å². The van der Waals surface area contributed by atoms with Crippen LogP contribution < -0.4 is 14.8 Å². The maximum atomic E-state index is 12.9. The van der Waals surface area contributed by atoms with Gasteiger partial charge in [0.05, 0.1) is 35.3 Å². The van der Waals surface area contributed by atoms with E-state index >= 15 is 0 Å². The van der Waals surface area contributed by atoms with Crippen LogP contribution in [0.2, 0.25) is 0 Å². The molecule has 0 spiro atoms. The van der Waals surface area contributed by atoms with Gasteiger partial charge < -0.3 is 19.5 Å². The Bertz CT molecular complexity index is 1290. The molecule has 4 rings (SSSR count). The summed E-state index contributed by atoms with van der Waals surface area (Å²) in [6.45, 7) is 3.86. The number of aryl methyl sites for hydroxylation is 1. The summed E-state index contributed by atoms with van der Waals surface area (Å²) in [7, 11) is 0. The fourth-order valence-corrected chi connectivity index (χ4v) is 3.80. The highest BCUT2D eigenvalue weighted by molar-refractivity contribution is 6.06. The fraction of sp³-hybridized carbons (Fsp3) is 0.292. The van der Waals surface area contributed by atoms with Crippen LogP contribution in [0.1, 0.15) is 35.0 Å². The van der Waals surface area contributed by atoms with Crippen LogP contribution in [-0.4, -0.2) is 41.6 Å². The zero-order valence-electron chi connectivity index (χ0n) is 18.8. The molecule has 10 heteroatoms. The van der Waals surface area contributed by atoms with E-state index in [-0.39, 0.29) is 17.1 Å². The average Bonchev–Trinajstić information content (AvgIpc) is 3.06. The van der Waals surface area contributed by atoms with Gasteiger partial charge in [-0.25, -0.2) is 4.79 Å². The quantitative estimate of drug-likeness (QED) is 0.329. The van der Waals surface area contributed by atoms with E-state index in [2.05, 4.69) is 10.3 Å². The molecule has 176 valence electrons. The number of rotatable bonds is 6. The molecule has 0 bridgehead atoms. The molecule has 2 heterocycles. The van der Waals surface area contributed by atoms with E-state index in [0.29, 0.717) is 53.8 Å². The van der Waals surface area contributed by atoms with Gasteiger partial charge >= 0.3 is 5.97 Å². The fourth-order valence-electron chi connectivity index (χ4n) is 3.80. The van der Waals surface area contributed by atoms with Crippen molar-refractivity contribution in [3.8, 4) is 11.5 Å². The van der Waals surface area contributed by atoms with Crippen LogP contribution in [-0.2, 0) is 16.0 Å². The summed E-state index contributed by atoms with van der Waals surface area (Å²) in [5.74, 6) is -0.867. The molecule has 0 fully saturated rings. The third-order valence-electron chi connectivity index (χ3n) is 5.45. The van der Waals surface area contributed by atoms with Crippen molar-refractivity contribution in [2.45, 2.75) is 26.7 Å². The molecule has 1 aliphatic rings. The number of amides is 1. The molecule has 1 aromatic heterocycles. The number of carbonyl (C=O) groups excluding carboxylic acids is 2. The van der Waals surface area contributed by atoms with Gasteiger partial charge in [0.15, 0.2) is 18.1 Å². The van der Waals surface area contributed by atoms with E-state index in [1.54, 1.807) is 25.1 Å². The van der Waals surface area contributed by atoms with Crippen molar-refractivity contribution < 1.29 is 28.7 Å². The number of carbonyl (C=O) groups is 2. The highest BCUT2D eigenvalue weighted by atomic mass is 16.6. The third kappa shape index (κ3) is 4.61. The minimum absolute atomic E-state index is 0.0749. The number of ether oxygens (including phenoxy) is 3. The zero-order valence-corrected chi connectivity index (χ0v) is 18.8. The summed E-state index contributed by atoms with van der Waals surface area (Å²) >= 11 is 0. The summed E-state index contributed by atoms with van der Waals surface area (Å²) in [6, 6.07) is 9.75. The maximum Gasteiger partial charge on any atom is 0.339 e. The summed E-state index contributed by atoms with van der Waals surface area (Å²) in [5, 5.41) is 14.6. The number of fused-ring (bicyclic) bond motifs is 2. The summed E-state index contributed by atoms with van der Waals surface area (Å²) < 4.78 is 16.3. The zero-order chi connectivity index (χ0) is 24.2. The van der Waals surface area contributed by atoms with Crippen molar-refractivity contribution in [1.29, 1.82) is 0 Å². The maximum absolute atomic E-state index is 12.9. The van der Waals surface area contributed by atoms with Gasteiger partial charge in [-0.3, -0.25) is 19.9 Å². The van der Waals surface area contributed by atoms with Gasteiger partial charge in [-0.05, 0) is 25.0 Å². The van der Waals surface area contributed by atoms with E-state index in [1.807, 2.05) is 13.0 Å². The molecular weight excluding hydrogens is 442 g/mol. The molecule has 10 nitrogen and oxygen atoms in total. The van der Waals surface area contributed by atoms with Crippen LogP contribution in [0.5, 0.6) is 11.5 Å². The van der Waals surface area contributed by atoms with E-state index in [1.165, 1.54) is 12.1 Å². The highest BCUT2D eigenvalue weighted by Crippen LogP contribution is 2.39. The van der Waals surface area contributed by atoms with Crippen molar-refractivity contribution in [3.63, 3.8) is 0 Å². The molecular formula is C24H23N3O7. The van der Waals surface area contributed by atoms with Crippen LogP contribution in [0.25, 0.3) is 10.9 Å². The minimum atomic E-state index is -0.724. The predicted molar refractivity (Wildman–Crippen MR) is 123 cm³/mol. The van der Waals surface area contributed by atoms with Crippen LogP contribution in [0.3, 0.4) is 0 Å². The average molecular weight is 465 g/mol. The number of para-hydroxylation sites is 1. The van der Waals surface area contributed by atoms with E-state index in [9.17, 15) is 19.7 Å². The molecule has 0 unspecified atom stereocenters. The van der Waals surface area contributed by atoms with Gasteiger partial charge in [-0.2, -0.15) is 0 Å². The molecule has 0 radical (unpaired) electrons. The lowest BCUT2D eigenvalue weighted by Gasteiger charge is -2.14. The van der Waals surface area contributed by atoms with E-state index < -0.39 is 23.4 Å². The molecule has 1 aliphatic heterocycles. The van der Waals surface area contributed by atoms with Crippen molar-refractivity contribution in [3.05, 3.63) is 63.3 Å². The Morgan fingerprint density at radius 1 is 1.18 bits per heavy atom. The van der Waals surface area contributed by atoms with Crippen LogP contribution >= 0.6 is 0 Å². The van der Waals surface area contributed by atoms with Gasteiger partial charge in [-0.15, -0.1) is 0 Å². The first kappa shape index (κ1) is 23.0. The number of nitrogens with one attached hydrogen (secondary N) is 1. The van der Waals surface area contributed by atoms with Crippen LogP contribution in [0, 0.1) is 17.0 Å². The van der Waals surface area contributed by atoms with E-state index in [0.717, 1.165) is 5.69 Å². The number of anilines is 1. The van der Waals surface area contributed by atoms with Crippen LogP contribution in [0.4, 0.5) is 11.4 Å². The predicted octanol–water partition coefficient (Wildman–Crippen LogP) is 3.97. The summed E-state index contributed by atoms with van der Waals surface area (Å²) in [4.78, 5) is 40.9. The molecule has 0 saturated heterocycles. The lowest BCUT2D eigenvalue weighted by Crippen LogP contribution is -2.22. The Kier molecular flexibility index (Phi) is 6.58. The Balaban J connectivity index is 1.53. The number of esters is 1. The summed E-state index contributed by atoms with van der Waals surface area (Å²) in [5.41, 5.74) is 2.02. The Hall–Kier alpha value is -4.21. The van der Waals surface area contributed by atoms with Gasteiger partial charge in [0.1, 0.15) is 5.69 Å². The van der Waals surface area contributed by atoms with Crippen molar-refractivity contribution in [2.75, 3.05) is 25.1 Å². The largest absolute Gasteiger partial charge is 0.489 e. The first-order chi connectivity index (χ1) is 16.4. The monoisotopic (exact) mass is 465 g/mol. The van der Waals surface area contributed by atoms with Gasteiger partial charge in [0.25, 0.3) is 11.6 Å². The Morgan fingerprint density at radius 3 is 2.59 bits per heavy atom. The van der Waals surface area contributed by atoms with Gasteiger partial charge in [0.2, 0.25) is 0 Å². The number of hydrogen-bond acceptors (Lipinski definition) is 8. The van der Waals surface area contributed by atoms with Crippen molar-refractivity contribution >= 4 is 34.2 Å². The SMILES string of the molecule is CCc1nc2ccccc2c(C(=O)OCC(=O)Nc2cc3c(cc2[N+](=O)[O-])OCCCO3)c1C. The number of hydrogen-bond donors (Lipinski definition) is 1. The van der Waals surface area contributed by atoms with Gasteiger partial charge in [0, 0.05) is 23.6 Å². The second-order valence-corrected chi connectivity index (χ2v) is 7.68. The normalized spacial score (nSPS) is 12.6. The highest BCUT2D eigenvalue weighted by Gasteiger charge is 2.24. The lowest BCUT2D eigenvalue weighted by atomic mass is 10.0. The second kappa shape index (κ2) is 9.74. The Labute approximate surface area is 195 Å². The molecule has 0 saturated carbocycles. The molecule has 3 aromatic rings. The molecule has 34 heavy (non-hydrogen) atoms. The minimum Gasteiger partial charge on any atom is -0.489 e. The number of nitro benzene ring substituents is 1. The topological polar surface area (TPSA) is 130 Å². The third-order valence-corrected chi connectivity index (χ3v) is 5.45.